The normalized spacial score (nSPS) is 10.5. The Bertz CT molecular complexity index is 750. The number of hydrogen-bond acceptors (Lipinski definition) is 6. The molecule has 0 fully saturated rings. The van der Waals surface area contributed by atoms with E-state index < -0.39 is 0 Å². The lowest BCUT2D eigenvalue weighted by atomic mass is 10.2. The van der Waals surface area contributed by atoms with Gasteiger partial charge in [-0.2, -0.15) is 0 Å². The molecule has 0 saturated heterocycles. The number of ether oxygens (including phenoxy) is 4. The van der Waals surface area contributed by atoms with E-state index in [-0.39, 0.29) is 11.8 Å². The molecule has 0 saturated carbocycles. The summed E-state index contributed by atoms with van der Waals surface area (Å²) in [6, 6.07) is 15.0. The van der Waals surface area contributed by atoms with Crippen molar-refractivity contribution in [3.05, 3.63) is 59.7 Å². The van der Waals surface area contributed by atoms with E-state index in [4.69, 9.17) is 29.8 Å². The summed E-state index contributed by atoms with van der Waals surface area (Å²) in [4.78, 5) is 0. The van der Waals surface area contributed by atoms with E-state index in [2.05, 4.69) is 13.8 Å². The highest BCUT2D eigenvalue weighted by molar-refractivity contribution is 5.92. The third kappa shape index (κ3) is 10.4. The Morgan fingerprint density at radius 3 is 1.30 bits per heavy atom. The summed E-state index contributed by atoms with van der Waals surface area (Å²) < 4.78 is 22.4. The lowest BCUT2D eigenvalue weighted by molar-refractivity contribution is 0.279. The Morgan fingerprint density at radius 1 is 0.545 bits per heavy atom. The van der Waals surface area contributed by atoms with Crippen molar-refractivity contribution in [3.63, 3.8) is 0 Å². The van der Waals surface area contributed by atoms with Gasteiger partial charge in [0.1, 0.15) is 11.5 Å². The van der Waals surface area contributed by atoms with Crippen LogP contribution >= 0.6 is 0 Å². The van der Waals surface area contributed by atoms with Gasteiger partial charge in [0.2, 0.25) is 11.8 Å². The molecule has 2 aromatic rings. The number of unbranched alkanes of at least 4 members (excludes halogenated alkanes) is 4. The van der Waals surface area contributed by atoms with Gasteiger partial charge in [0.05, 0.1) is 26.4 Å². The van der Waals surface area contributed by atoms with Crippen LogP contribution in [0.4, 0.5) is 0 Å². The first-order valence-electron chi connectivity index (χ1n) is 12.0. The monoisotopic (exact) mass is 454 g/mol. The van der Waals surface area contributed by atoms with Crippen LogP contribution in [0.1, 0.15) is 69.9 Å². The molecule has 2 aromatic carbocycles. The average molecular weight is 455 g/mol. The molecular formula is C27H38N2O4. The van der Waals surface area contributed by atoms with Gasteiger partial charge >= 0.3 is 0 Å². The van der Waals surface area contributed by atoms with Crippen molar-refractivity contribution in [2.24, 2.45) is 0 Å². The zero-order chi connectivity index (χ0) is 23.7. The van der Waals surface area contributed by atoms with Crippen molar-refractivity contribution in [1.29, 1.82) is 10.8 Å². The van der Waals surface area contributed by atoms with Gasteiger partial charge < -0.3 is 18.9 Å². The predicted octanol–water partition coefficient (Wildman–Crippen LogP) is 6.60. The van der Waals surface area contributed by atoms with E-state index in [0.717, 1.165) is 67.6 Å². The maximum Gasteiger partial charge on any atom is 0.213 e. The summed E-state index contributed by atoms with van der Waals surface area (Å²) in [5.41, 5.74) is 1.54. The Kier molecular flexibility index (Phi) is 12.5. The molecule has 180 valence electrons. The van der Waals surface area contributed by atoms with Crippen molar-refractivity contribution in [2.75, 3.05) is 26.4 Å². The third-order valence-electron chi connectivity index (χ3n) is 5.05. The summed E-state index contributed by atoms with van der Waals surface area (Å²) in [6.07, 6.45) is 6.95. The minimum atomic E-state index is 0.211. The first kappa shape index (κ1) is 26.2. The highest BCUT2D eigenvalue weighted by atomic mass is 16.5. The lowest BCUT2D eigenvalue weighted by Crippen LogP contribution is -2.06. The highest BCUT2D eigenvalue weighted by Gasteiger charge is 2.04. The molecule has 6 heteroatoms. The molecule has 2 rings (SSSR count). The largest absolute Gasteiger partial charge is 0.494 e. The number of nitrogens with one attached hydrogen (secondary N) is 2. The van der Waals surface area contributed by atoms with Crippen LogP contribution < -0.4 is 9.47 Å². The lowest BCUT2D eigenvalue weighted by Gasteiger charge is -2.10. The molecule has 0 aliphatic rings. The predicted molar refractivity (Wildman–Crippen MR) is 133 cm³/mol. The molecule has 0 amide bonds. The van der Waals surface area contributed by atoms with Gasteiger partial charge in [-0.15, -0.1) is 0 Å². The average Bonchev–Trinajstić information content (AvgIpc) is 2.84. The molecule has 0 aliphatic carbocycles. The third-order valence-corrected chi connectivity index (χ3v) is 5.05. The summed E-state index contributed by atoms with van der Waals surface area (Å²) >= 11 is 0. The summed E-state index contributed by atoms with van der Waals surface area (Å²) in [5, 5.41) is 15.9. The van der Waals surface area contributed by atoms with Crippen LogP contribution in [0.2, 0.25) is 0 Å². The van der Waals surface area contributed by atoms with E-state index in [1.54, 1.807) is 0 Å². The van der Waals surface area contributed by atoms with Crippen molar-refractivity contribution >= 4 is 11.8 Å². The fourth-order valence-electron chi connectivity index (χ4n) is 2.97. The minimum absolute atomic E-state index is 0.211. The van der Waals surface area contributed by atoms with Crippen LogP contribution in [0.3, 0.4) is 0 Å². The summed E-state index contributed by atoms with van der Waals surface area (Å²) in [5.74, 6) is 2.04. The molecule has 0 atom stereocenters. The molecule has 2 N–H and O–H groups in total. The Hall–Kier alpha value is -3.02. The van der Waals surface area contributed by atoms with Crippen LogP contribution in [-0.2, 0) is 9.47 Å². The van der Waals surface area contributed by atoms with Gasteiger partial charge in [-0.3, -0.25) is 10.8 Å². The standard InChI is InChI=1S/C27H38N2O4/c1-3-5-18-32-26(28)22-10-14-24(15-11-22)30-20-8-7-9-21-31-25-16-12-23(13-17-25)27(29)33-19-6-4-2/h10-17,28-29H,3-9,18-21H2,1-2H3. The molecule has 0 aromatic heterocycles. The van der Waals surface area contributed by atoms with Crippen molar-refractivity contribution < 1.29 is 18.9 Å². The zero-order valence-corrected chi connectivity index (χ0v) is 20.0. The van der Waals surface area contributed by atoms with Crippen molar-refractivity contribution in [2.45, 2.75) is 58.8 Å². The quantitative estimate of drug-likeness (QED) is 0.170. The molecule has 0 aliphatic heterocycles. The fourth-order valence-corrected chi connectivity index (χ4v) is 2.97. The van der Waals surface area contributed by atoms with E-state index in [9.17, 15) is 0 Å². The molecule has 0 bridgehead atoms. The van der Waals surface area contributed by atoms with Crippen LogP contribution in [0.5, 0.6) is 11.5 Å². The SMILES string of the molecule is CCCCOC(=N)c1ccc(OCCCCCOc2ccc(C(=N)OCCCC)cc2)cc1. The first-order chi connectivity index (χ1) is 16.1. The second-order valence-electron chi connectivity index (χ2n) is 7.87. The maximum absolute atomic E-state index is 7.94. The van der Waals surface area contributed by atoms with Gasteiger partial charge in [-0.1, -0.05) is 26.7 Å². The van der Waals surface area contributed by atoms with Gasteiger partial charge in [0, 0.05) is 11.1 Å². The fraction of sp³-hybridized carbons (Fsp3) is 0.481. The summed E-state index contributed by atoms with van der Waals surface area (Å²) in [7, 11) is 0. The topological polar surface area (TPSA) is 84.6 Å². The molecule has 33 heavy (non-hydrogen) atoms. The van der Waals surface area contributed by atoms with Crippen molar-refractivity contribution in [3.8, 4) is 11.5 Å². The van der Waals surface area contributed by atoms with E-state index >= 15 is 0 Å². The molecular weight excluding hydrogens is 416 g/mol. The van der Waals surface area contributed by atoms with Crippen LogP contribution in [-0.4, -0.2) is 38.2 Å². The second kappa shape index (κ2) is 15.7. The Morgan fingerprint density at radius 2 is 0.939 bits per heavy atom. The minimum Gasteiger partial charge on any atom is -0.494 e. The number of benzene rings is 2. The van der Waals surface area contributed by atoms with Gasteiger partial charge in [0.25, 0.3) is 0 Å². The molecule has 0 radical (unpaired) electrons. The van der Waals surface area contributed by atoms with Gasteiger partial charge in [0.15, 0.2) is 0 Å². The molecule has 0 heterocycles. The van der Waals surface area contributed by atoms with Crippen molar-refractivity contribution in [1.82, 2.24) is 0 Å². The zero-order valence-electron chi connectivity index (χ0n) is 20.0. The van der Waals surface area contributed by atoms with Gasteiger partial charge in [-0.25, -0.2) is 0 Å². The molecule has 6 nitrogen and oxygen atoms in total. The van der Waals surface area contributed by atoms with E-state index in [1.165, 1.54) is 0 Å². The van der Waals surface area contributed by atoms with Crippen LogP contribution in [0.25, 0.3) is 0 Å². The van der Waals surface area contributed by atoms with Crippen LogP contribution in [0, 0.1) is 10.8 Å². The Labute approximate surface area is 198 Å². The maximum atomic E-state index is 7.94. The van der Waals surface area contributed by atoms with E-state index in [0.29, 0.717) is 26.4 Å². The second-order valence-corrected chi connectivity index (χ2v) is 7.87. The molecule has 0 spiro atoms. The first-order valence-corrected chi connectivity index (χ1v) is 12.0. The smallest absolute Gasteiger partial charge is 0.213 e. The van der Waals surface area contributed by atoms with E-state index in [1.807, 2.05) is 48.5 Å². The van der Waals surface area contributed by atoms with Gasteiger partial charge in [-0.05, 0) is 80.6 Å². The van der Waals surface area contributed by atoms with Crippen LogP contribution in [0.15, 0.2) is 48.5 Å². The summed E-state index contributed by atoms with van der Waals surface area (Å²) in [6.45, 7) is 6.68. The Balaban J connectivity index is 1.56. The highest BCUT2D eigenvalue weighted by Crippen LogP contribution is 2.15. The number of rotatable bonds is 16. The molecule has 0 unspecified atom stereocenters. The number of hydrogen-bond donors (Lipinski definition) is 2.